The molecule has 1 N–H and O–H groups in total. The summed E-state index contributed by atoms with van der Waals surface area (Å²) in [7, 11) is 0. The van der Waals surface area contributed by atoms with Gasteiger partial charge in [0, 0.05) is 29.9 Å². The van der Waals surface area contributed by atoms with Gasteiger partial charge >= 0.3 is 11.9 Å². The van der Waals surface area contributed by atoms with Crippen LogP contribution in [0.2, 0.25) is 0 Å². The van der Waals surface area contributed by atoms with Crippen molar-refractivity contribution in [3.63, 3.8) is 0 Å². The van der Waals surface area contributed by atoms with Crippen molar-refractivity contribution in [3.05, 3.63) is 64.2 Å². The Morgan fingerprint density at radius 3 is 2.68 bits per heavy atom. The molecule has 0 bridgehead atoms. The third-order valence-electron chi connectivity index (χ3n) is 7.08. The lowest BCUT2D eigenvalue weighted by Gasteiger charge is -2.30. The van der Waals surface area contributed by atoms with Crippen LogP contribution in [0.5, 0.6) is 17.2 Å². The number of esters is 2. The summed E-state index contributed by atoms with van der Waals surface area (Å²) >= 11 is 0. The molecule has 0 aliphatic carbocycles. The van der Waals surface area contributed by atoms with Crippen molar-refractivity contribution in [3.8, 4) is 17.2 Å². The molecule has 3 aliphatic heterocycles. The summed E-state index contributed by atoms with van der Waals surface area (Å²) in [5.41, 5.74) is 2.55. The van der Waals surface area contributed by atoms with Crippen LogP contribution in [-0.4, -0.2) is 35.5 Å². The van der Waals surface area contributed by atoms with Gasteiger partial charge in [-0.15, -0.1) is 0 Å². The Morgan fingerprint density at radius 2 is 1.81 bits per heavy atom. The number of rotatable bonds is 1. The van der Waals surface area contributed by atoms with E-state index in [9.17, 15) is 19.5 Å². The number of allylic oxidation sites excluding steroid dienone is 1. The highest BCUT2D eigenvalue weighted by atomic mass is 16.5. The fraction of sp³-hybridized carbons (Fsp3) is 0.367. The largest absolute Gasteiger partial charge is 0.507 e. The van der Waals surface area contributed by atoms with Gasteiger partial charge < -0.3 is 19.3 Å². The Kier molecular flexibility index (Phi) is 7.12. The minimum absolute atomic E-state index is 0.0199. The Bertz CT molecular complexity index is 1300. The number of fused-ring (bicyclic) bond motifs is 3. The normalized spacial score (nSPS) is 23.2. The van der Waals surface area contributed by atoms with Crippen LogP contribution in [0.4, 0.5) is 0 Å². The number of phenols is 1. The average Bonchev–Trinajstić information content (AvgIpc) is 2.87. The molecule has 2 aromatic rings. The number of ether oxygens (including phenoxy) is 3. The van der Waals surface area contributed by atoms with Crippen molar-refractivity contribution >= 4 is 29.9 Å². The van der Waals surface area contributed by atoms with Gasteiger partial charge in [-0.25, -0.2) is 4.79 Å². The maximum Gasteiger partial charge on any atom is 0.342 e. The molecular weight excluding hydrogens is 472 g/mol. The lowest BCUT2D eigenvalue weighted by Crippen LogP contribution is -2.26. The molecule has 0 radical (unpaired) electrons. The van der Waals surface area contributed by atoms with Crippen molar-refractivity contribution in [2.45, 2.75) is 63.9 Å². The zero-order valence-corrected chi connectivity index (χ0v) is 20.8. The molecule has 5 rings (SSSR count). The fourth-order valence-corrected chi connectivity index (χ4v) is 5.17. The maximum atomic E-state index is 13.3. The monoisotopic (exact) mass is 502 g/mol. The van der Waals surface area contributed by atoms with E-state index in [2.05, 4.69) is 0 Å². The van der Waals surface area contributed by atoms with E-state index in [0.29, 0.717) is 49.7 Å². The third-order valence-corrected chi connectivity index (χ3v) is 7.08. The summed E-state index contributed by atoms with van der Waals surface area (Å²) in [5.74, 6) is -0.640. The highest BCUT2D eigenvalue weighted by molar-refractivity contribution is 5.98. The lowest BCUT2D eigenvalue weighted by atomic mass is 9.82. The van der Waals surface area contributed by atoms with Crippen LogP contribution < -0.4 is 9.47 Å². The number of cyclic esters (lactones) is 1. The molecule has 7 nitrogen and oxygen atoms in total. The summed E-state index contributed by atoms with van der Waals surface area (Å²) < 4.78 is 17.2. The second kappa shape index (κ2) is 10.6. The van der Waals surface area contributed by atoms with E-state index in [1.165, 1.54) is 0 Å². The number of carbonyl (C=O) groups excluding carboxylic acids is 3. The first-order valence-corrected chi connectivity index (χ1v) is 12.8. The van der Waals surface area contributed by atoms with Crippen LogP contribution in [0, 0.1) is 0 Å². The number of Topliss-reactive ketones (excluding diaryl/α,β-unsaturated/α-hetero) is 1. The molecule has 0 spiro atoms. The Labute approximate surface area is 215 Å². The van der Waals surface area contributed by atoms with Gasteiger partial charge in [0.25, 0.3) is 0 Å². The number of hydrogen-bond donors (Lipinski definition) is 1. The van der Waals surface area contributed by atoms with Crippen LogP contribution in [-0.2, 0) is 14.3 Å². The first kappa shape index (κ1) is 24.8. The van der Waals surface area contributed by atoms with Crippen molar-refractivity contribution in [2.75, 3.05) is 6.61 Å². The van der Waals surface area contributed by atoms with Gasteiger partial charge in [-0.05, 0) is 62.0 Å². The van der Waals surface area contributed by atoms with Gasteiger partial charge in [0.15, 0.2) is 0 Å². The fourth-order valence-electron chi connectivity index (χ4n) is 5.17. The molecular formula is C30H30O7. The standard InChI is InChI=1S/C30H30O7/c1-18-8-7-12-22(31)11-4-2-3-10-20-15-25-28(29(33)27(20)30(34)36-18)23(16-26(32)37-25)21-14-19-9-5-6-13-24(19)35-17-21/h3,5-6,9-10,13-15,18,23,33H,2,4,7-8,11-12,16-17H2,1H3/b10-3+/t18-,23+/m0/s1. The van der Waals surface area contributed by atoms with Gasteiger partial charge in [0.2, 0.25) is 0 Å². The molecule has 2 atom stereocenters. The average molecular weight is 503 g/mol. The molecule has 0 amide bonds. The van der Waals surface area contributed by atoms with Gasteiger partial charge in [-0.3, -0.25) is 9.59 Å². The molecule has 0 saturated heterocycles. The maximum absolute atomic E-state index is 13.3. The van der Waals surface area contributed by atoms with Crippen LogP contribution >= 0.6 is 0 Å². The van der Waals surface area contributed by atoms with Crippen molar-refractivity contribution in [2.24, 2.45) is 0 Å². The predicted molar refractivity (Wildman–Crippen MR) is 138 cm³/mol. The molecule has 0 fully saturated rings. The van der Waals surface area contributed by atoms with Gasteiger partial charge in [-0.2, -0.15) is 0 Å². The number of phenolic OH excluding ortho intramolecular Hbond substituents is 1. The Balaban J connectivity index is 1.58. The molecule has 2 aromatic carbocycles. The van der Waals surface area contributed by atoms with E-state index >= 15 is 0 Å². The molecule has 0 unspecified atom stereocenters. The summed E-state index contributed by atoms with van der Waals surface area (Å²) in [5, 5.41) is 11.5. The Morgan fingerprint density at radius 1 is 1.00 bits per heavy atom. The molecule has 3 heterocycles. The minimum atomic E-state index is -0.647. The van der Waals surface area contributed by atoms with Gasteiger partial charge in [-0.1, -0.05) is 30.4 Å². The summed E-state index contributed by atoms with van der Waals surface area (Å²) in [6.45, 7) is 2.04. The highest BCUT2D eigenvalue weighted by Gasteiger charge is 2.37. The van der Waals surface area contributed by atoms with Gasteiger partial charge in [0.05, 0.1) is 12.5 Å². The second-order valence-corrected chi connectivity index (χ2v) is 9.82. The van der Waals surface area contributed by atoms with E-state index in [1.54, 1.807) is 19.1 Å². The zero-order valence-electron chi connectivity index (χ0n) is 20.8. The topological polar surface area (TPSA) is 99.1 Å². The molecule has 0 saturated carbocycles. The van der Waals surface area contributed by atoms with E-state index in [1.807, 2.05) is 36.4 Å². The van der Waals surface area contributed by atoms with E-state index in [4.69, 9.17) is 14.2 Å². The summed E-state index contributed by atoms with van der Waals surface area (Å²) in [6.07, 6.45) is 8.65. The molecule has 3 aliphatic rings. The summed E-state index contributed by atoms with van der Waals surface area (Å²) in [6, 6.07) is 9.23. The molecule has 37 heavy (non-hydrogen) atoms. The summed E-state index contributed by atoms with van der Waals surface area (Å²) in [4.78, 5) is 38.0. The third kappa shape index (κ3) is 5.31. The number of hydrogen-bond acceptors (Lipinski definition) is 7. The smallest absolute Gasteiger partial charge is 0.342 e. The minimum Gasteiger partial charge on any atom is -0.507 e. The van der Waals surface area contributed by atoms with E-state index in [-0.39, 0.29) is 35.9 Å². The van der Waals surface area contributed by atoms with Gasteiger partial charge in [0.1, 0.15) is 35.2 Å². The predicted octanol–water partition coefficient (Wildman–Crippen LogP) is 5.74. The van der Waals surface area contributed by atoms with Crippen molar-refractivity contribution in [1.29, 1.82) is 0 Å². The SMILES string of the molecule is C[C@H]1CCCC(=O)CCC/C=C/c2cc3c(c(O)c2C(=O)O1)[C@@H](C1=Cc2ccccc2OC1)CC(=O)O3. The zero-order chi connectivity index (χ0) is 25.9. The number of aromatic hydroxyl groups is 1. The van der Waals surface area contributed by atoms with Crippen LogP contribution in [0.1, 0.15) is 84.8 Å². The van der Waals surface area contributed by atoms with Crippen LogP contribution in [0.25, 0.3) is 12.2 Å². The Hall–Kier alpha value is -3.87. The lowest BCUT2D eigenvalue weighted by molar-refractivity contribution is -0.135. The first-order valence-electron chi connectivity index (χ1n) is 12.8. The number of ketones is 1. The molecule has 7 heteroatoms. The van der Waals surface area contributed by atoms with E-state index in [0.717, 1.165) is 16.9 Å². The van der Waals surface area contributed by atoms with Crippen molar-refractivity contribution < 1.29 is 33.7 Å². The first-order chi connectivity index (χ1) is 17.9. The second-order valence-electron chi connectivity index (χ2n) is 9.82. The highest BCUT2D eigenvalue weighted by Crippen LogP contribution is 2.48. The molecule has 192 valence electrons. The number of benzene rings is 2. The number of para-hydroxylation sites is 1. The molecule has 0 aromatic heterocycles. The van der Waals surface area contributed by atoms with Crippen LogP contribution in [0.15, 0.2) is 42.0 Å². The van der Waals surface area contributed by atoms with Crippen molar-refractivity contribution in [1.82, 2.24) is 0 Å². The van der Waals surface area contributed by atoms with E-state index < -0.39 is 24.0 Å². The number of carbonyl (C=O) groups is 3. The quantitative estimate of drug-likeness (QED) is 0.392. The van der Waals surface area contributed by atoms with Crippen LogP contribution in [0.3, 0.4) is 0 Å².